The minimum absolute atomic E-state index is 0.0226. The molecule has 0 rings (SSSR count). The van der Waals surface area contributed by atoms with E-state index in [4.69, 9.17) is 0 Å². The van der Waals surface area contributed by atoms with Crippen molar-refractivity contribution in [2.75, 3.05) is 33.7 Å². The van der Waals surface area contributed by atoms with Crippen LogP contribution in [0.1, 0.15) is 13.3 Å². The van der Waals surface area contributed by atoms with E-state index >= 15 is 0 Å². The maximum atomic E-state index is 11.3. The van der Waals surface area contributed by atoms with E-state index in [2.05, 4.69) is 10.6 Å². The predicted molar refractivity (Wildman–Crippen MR) is 54.9 cm³/mol. The summed E-state index contributed by atoms with van der Waals surface area (Å²) < 4.78 is 0. The summed E-state index contributed by atoms with van der Waals surface area (Å²) in [6.45, 7) is 3.22. The Morgan fingerprint density at radius 2 is 2.00 bits per heavy atom. The van der Waals surface area contributed by atoms with Crippen molar-refractivity contribution in [3.05, 3.63) is 0 Å². The van der Waals surface area contributed by atoms with Crippen LogP contribution in [0.15, 0.2) is 0 Å². The summed E-state index contributed by atoms with van der Waals surface area (Å²) in [7, 11) is 3.42. The van der Waals surface area contributed by atoms with Crippen LogP contribution in [0, 0.1) is 0 Å². The molecule has 0 aromatic heterocycles. The quantitative estimate of drug-likeness (QED) is 0.591. The lowest BCUT2D eigenvalue weighted by Crippen LogP contribution is -2.38. The largest absolute Gasteiger partial charge is 0.355 e. The standard InChI is InChI=1S/C9H19N3O2/c1-4-11-8(13)7-12(3)9(14)5-6-10-2/h10H,4-7H2,1-3H3,(H,11,13). The molecule has 5 heteroatoms. The van der Waals surface area contributed by atoms with Crippen molar-refractivity contribution < 1.29 is 9.59 Å². The van der Waals surface area contributed by atoms with Gasteiger partial charge in [-0.25, -0.2) is 0 Å². The molecule has 2 N–H and O–H groups in total. The topological polar surface area (TPSA) is 61.4 Å². The van der Waals surface area contributed by atoms with Gasteiger partial charge in [0.1, 0.15) is 0 Å². The zero-order valence-electron chi connectivity index (χ0n) is 9.09. The summed E-state index contributed by atoms with van der Waals surface area (Å²) in [6, 6.07) is 0. The van der Waals surface area contributed by atoms with E-state index in [0.29, 0.717) is 19.5 Å². The Labute approximate surface area is 84.8 Å². The van der Waals surface area contributed by atoms with Gasteiger partial charge in [-0.3, -0.25) is 9.59 Å². The van der Waals surface area contributed by atoms with Gasteiger partial charge in [-0.15, -0.1) is 0 Å². The van der Waals surface area contributed by atoms with Gasteiger partial charge in [-0.05, 0) is 14.0 Å². The molecule has 0 aromatic rings. The van der Waals surface area contributed by atoms with Crippen LogP contribution in [0.25, 0.3) is 0 Å². The van der Waals surface area contributed by atoms with Crippen molar-refractivity contribution >= 4 is 11.8 Å². The van der Waals surface area contributed by atoms with E-state index in [1.165, 1.54) is 4.90 Å². The van der Waals surface area contributed by atoms with E-state index in [0.717, 1.165) is 0 Å². The normalized spacial score (nSPS) is 9.64. The Bertz CT molecular complexity index is 194. The van der Waals surface area contributed by atoms with Crippen LogP contribution < -0.4 is 10.6 Å². The van der Waals surface area contributed by atoms with Gasteiger partial charge in [-0.1, -0.05) is 0 Å². The highest BCUT2D eigenvalue weighted by molar-refractivity contribution is 5.84. The van der Waals surface area contributed by atoms with Crippen LogP contribution in [0.4, 0.5) is 0 Å². The first-order valence-electron chi connectivity index (χ1n) is 4.77. The third-order valence-electron chi connectivity index (χ3n) is 1.77. The van der Waals surface area contributed by atoms with Crippen molar-refractivity contribution in [1.82, 2.24) is 15.5 Å². The van der Waals surface area contributed by atoms with Gasteiger partial charge >= 0.3 is 0 Å². The molecule has 0 saturated carbocycles. The second-order valence-corrected chi connectivity index (χ2v) is 3.06. The van der Waals surface area contributed by atoms with Gasteiger partial charge in [0.15, 0.2) is 0 Å². The lowest BCUT2D eigenvalue weighted by atomic mass is 10.3. The second-order valence-electron chi connectivity index (χ2n) is 3.06. The van der Waals surface area contributed by atoms with Crippen LogP contribution >= 0.6 is 0 Å². The number of carbonyl (C=O) groups is 2. The highest BCUT2D eigenvalue weighted by atomic mass is 16.2. The fraction of sp³-hybridized carbons (Fsp3) is 0.778. The number of hydrogen-bond donors (Lipinski definition) is 2. The molecule has 2 amide bonds. The van der Waals surface area contributed by atoms with Crippen molar-refractivity contribution in [2.45, 2.75) is 13.3 Å². The van der Waals surface area contributed by atoms with E-state index in [-0.39, 0.29) is 18.4 Å². The first kappa shape index (κ1) is 12.9. The molecule has 5 nitrogen and oxygen atoms in total. The van der Waals surface area contributed by atoms with Gasteiger partial charge in [0, 0.05) is 26.6 Å². The molecule has 0 aliphatic carbocycles. The van der Waals surface area contributed by atoms with E-state index < -0.39 is 0 Å². The molecular formula is C9H19N3O2. The summed E-state index contributed by atoms with van der Waals surface area (Å²) in [5.74, 6) is -0.140. The van der Waals surface area contributed by atoms with Crippen molar-refractivity contribution in [3.63, 3.8) is 0 Å². The Balaban J connectivity index is 3.76. The van der Waals surface area contributed by atoms with Crippen LogP contribution in [-0.4, -0.2) is 50.4 Å². The predicted octanol–water partition coefficient (Wildman–Crippen LogP) is -0.810. The Morgan fingerprint density at radius 1 is 1.36 bits per heavy atom. The third-order valence-corrected chi connectivity index (χ3v) is 1.77. The molecule has 0 spiro atoms. The number of nitrogens with zero attached hydrogens (tertiary/aromatic N) is 1. The van der Waals surface area contributed by atoms with Crippen molar-refractivity contribution in [3.8, 4) is 0 Å². The summed E-state index contributed by atoms with van der Waals surface area (Å²) in [5.41, 5.74) is 0. The number of rotatable bonds is 6. The molecule has 14 heavy (non-hydrogen) atoms. The number of likely N-dealkylation sites (N-methyl/N-ethyl adjacent to an activating group) is 2. The zero-order valence-corrected chi connectivity index (χ0v) is 9.09. The number of carbonyl (C=O) groups excluding carboxylic acids is 2. The molecule has 0 aliphatic rings. The summed E-state index contributed by atoms with van der Waals surface area (Å²) in [4.78, 5) is 23.9. The average molecular weight is 201 g/mol. The van der Waals surface area contributed by atoms with Crippen LogP contribution in [0.3, 0.4) is 0 Å². The first-order valence-corrected chi connectivity index (χ1v) is 4.77. The fourth-order valence-corrected chi connectivity index (χ4v) is 0.979. The molecule has 0 aromatic carbocycles. The SMILES string of the molecule is CCNC(=O)CN(C)C(=O)CCNC. The maximum Gasteiger partial charge on any atom is 0.239 e. The van der Waals surface area contributed by atoms with Gasteiger partial charge in [0.2, 0.25) is 11.8 Å². The second kappa shape index (κ2) is 7.32. The van der Waals surface area contributed by atoms with Gasteiger partial charge in [0.25, 0.3) is 0 Å². The van der Waals surface area contributed by atoms with Crippen molar-refractivity contribution in [2.24, 2.45) is 0 Å². The molecule has 0 aliphatic heterocycles. The van der Waals surface area contributed by atoms with Gasteiger partial charge < -0.3 is 15.5 Å². The minimum atomic E-state index is -0.118. The summed E-state index contributed by atoms with van der Waals surface area (Å²) in [5, 5.41) is 5.52. The number of hydrogen-bond acceptors (Lipinski definition) is 3. The van der Waals surface area contributed by atoms with E-state index in [1.807, 2.05) is 6.92 Å². The smallest absolute Gasteiger partial charge is 0.239 e. The summed E-state index contributed by atoms with van der Waals surface area (Å²) >= 11 is 0. The molecule has 82 valence electrons. The van der Waals surface area contributed by atoms with E-state index in [9.17, 15) is 9.59 Å². The summed E-state index contributed by atoms with van der Waals surface area (Å²) in [6.07, 6.45) is 0.423. The fourth-order valence-electron chi connectivity index (χ4n) is 0.979. The molecule has 0 radical (unpaired) electrons. The molecular weight excluding hydrogens is 182 g/mol. The molecule has 0 bridgehead atoms. The van der Waals surface area contributed by atoms with E-state index in [1.54, 1.807) is 14.1 Å². The van der Waals surface area contributed by atoms with Crippen LogP contribution in [0.2, 0.25) is 0 Å². The Kier molecular flexibility index (Phi) is 6.74. The monoisotopic (exact) mass is 201 g/mol. The number of nitrogens with one attached hydrogen (secondary N) is 2. The highest BCUT2D eigenvalue weighted by Crippen LogP contribution is 1.89. The molecule has 0 saturated heterocycles. The molecule has 0 unspecified atom stereocenters. The van der Waals surface area contributed by atoms with Crippen LogP contribution in [-0.2, 0) is 9.59 Å². The molecule has 0 fully saturated rings. The molecule has 0 heterocycles. The Morgan fingerprint density at radius 3 is 2.50 bits per heavy atom. The lowest BCUT2D eigenvalue weighted by molar-refractivity contribution is -0.134. The van der Waals surface area contributed by atoms with Gasteiger partial charge in [0.05, 0.1) is 6.54 Å². The highest BCUT2D eigenvalue weighted by Gasteiger charge is 2.10. The van der Waals surface area contributed by atoms with Crippen molar-refractivity contribution in [1.29, 1.82) is 0 Å². The zero-order chi connectivity index (χ0) is 11.0. The Hall–Kier alpha value is -1.10. The number of amides is 2. The van der Waals surface area contributed by atoms with Gasteiger partial charge in [-0.2, -0.15) is 0 Å². The average Bonchev–Trinajstić information content (AvgIpc) is 2.14. The molecule has 0 atom stereocenters. The van der Waals surface area contributed by atoms with Crippen LogP contribution in [0.5, 0.6) is 0 Å². The third kappa shape index (κ3) is 5.53. The first-order chi connectivity index (χ1) is 6.61. The lowest BCUT2D eigenvalue weighted by Gasteiger charge is -2.16. The maximum absolute atomic E-state index is 11.3. The minimum Gasteiger partial charge on any atom is -0.355 e.